The van der Waals surface area contributed by atoms with Crippen molar-refractivity contribution in [2.24, 2.45) is 0 Å². The van der Waals surface area contributed by atoms with Crippen LogP contribution in [0.4, 0.5) is 24.8 Å². The van der Waals surface area contributed by atoms with E-state index in [4.69, 9.17) is 5.11 Å². The van der Waals surface area contributed by atoms with E-state index in [0.717, 1.165) is 11.1 Å². The molecule has 0 bridgehead atoms. The average Bonchev–Trinajstić information content (AvgIpc) is 2.60. The number of hydrogen-bond acceptors (Lipinski definition) is 6. The molecule has 1 aromatic heterocycles. The number of benzene rings is 1. The van der Waals surface area contributed by atoms with Gasteiger partial charge in [-0.1, -0.05) is 6.07 Å². The zero-order chi connectivity index (χ0) is 18.7. The molecule has 2 heterocycles. The van der Waals surface area contributed by atoms with Gasteiger partial charge < -0.3 is 20.1 Å². The largest absolute Gasteiger partial charge is 0.573 e. The minimum Gasteiger partial charge on any atom is -0.406 e. The van der Waals surface area contributed by atoms with E-state index in [0.29, 0.717) is 31.1 Å². The second-order valence-electron chi connectivity index (χ2n) is 6.14. The van der Waals surface area contributed by atoms with Crippen LogP contribution in [0.25, 0.3) is 0 Å². The van der Waals surface area contributed by atoms with Crippen molar-refractivity contribution in [1.29, 1.82) is 0 Å². The van der Waals surface area contributed by atoms with Crippen molar-refractivity contribution in [3.05, 3.63) is 41.7 Å². The van der Waals surface area contributed by atoms with Crippen LogP contribution in [0.1, 0.15) is 18.1 Å². The molecule has 1 aromatic carbocycles. The summed E-state index contributed by atoms with van der Waals surface area (Å²) in [7, 11) is 0. The first-order valence-corrected chi connectivity index (χ1v) is 8.16. The summed E-state index contributed by atoms with van der Waals surface area (Å²) < 4.78 is 41.0. The number of aromatic nitrogens is 2. The summed E-state index contributed by atoms with van der Waals surface area (Å²) in [6.45, 7) is 2.97. The Morgan fingerprint density at radius 1 is 1.27 bits per heavy atom. The first kappa shape index (κ1) is 18.2. The molecule has 0 aliphatic carbocycles. The van der Waals surface area contributed by atoms with Crippen LogP contribution in [0.15, 0.2) is 30.6 Å². The van der Waals surface area contributed by atoms with Crippen LogP contribution in [0.2, 0.25) is 0 Å². The fraction of sp³-hybridized carbons (Fsp3) is 0.412. The van der Waals surface area contributed by atoms with Gasteiger partial charge in [0.15, 0.2) is 0 Å². The summed E-state index contributed by atoms with van der Waals surface area (Å²) in [5.74, 6) is 1.13. The molecular formula is C17H19F3N4O2. The summed E-state index contributed by atoms with van der Waals surface area (Å²) in [4.78, 5) is 10.4. The minimum atomic E-state index is -4.69. The zero-order valence-electron chi connectivity index (χ0n) is 14.1. The Morgan fingerprint density at radius 3 is 2.81 bits per heavy atom. The number of nitrogens with one attached hydrogen (secondary N) is 1. The molecule has 140 valence electrons. The monoisotopic (exact) mass is 368 g/mol. The van der Waals surface area contributed by atoms with Crippen molar-refractivity contribution in [2.45, 2.75) is 32.3 Å². The number of fused-ring (bicyclic) bond motifs is 1. The van der Waals surface area contributed by atoms with Crippen LogP contribution >= 0.6 is 0 Å². The Bertz CT molecular complexity index is 770. The highest BCUT2D eigenvalue weighted by Crippen LogP contribution is 2.29. The van der Waals surface area contributed by atoms with Crippen molar-refractivity contribution in [2.75, 3.05) is 23.4 Å². The molecule has 0 radical (unpaired) electrons. The van der Waals surface area contributed by atoms with Crippen molar-refractivity contribution in [3.8, 4) is 5.75 Å². The Hall–Kier alpha value is -2.55. The van der Waals surface area contributed by atoms with Crippen LogP contribution in [-0.4, -0.2) is 40.6 Å². The molecule has 6 nitrogen and oxygen atoms in total. The van der Waals surface area contributed by atoms with Gasteiger partial charge in [-0.2, -0.15) is 0 Å². The van der Waals surface area contributed by atoms with E-state index in [2.05, 4.69) is 20.0 Å². The van der Waals surface area contributed by atoms with E-state index in [1.807, 2.05) is 11.8 Å². The van der Waals surface area contributed by atoms with Crippen LogP contribution in [0, 0.1) is 0 Å². The first-order chi connectivity index (χ1) is 12.3. The van der Waals surface area contributed by atoms with E-state index >= 15 is 0 Å². The maximum Gasteiger partial charge on any atom is 0.573 e. The summed E-state index contributed by atoms with van der Waals surface area (Å²) in [6.07, 6.45) is -2.66. The highest BCUT2D eigenvalue weighted by atomic mass is 19.4. The molecule has 0 amide bonds. The molecular weight excluding hydrogens is 349 g/mol. The second kappa shape index (κ2) is 7.36. The summed E-state index contributed by atoms with van der Waals surface area (Å²) >= 11 is 0. The number of nitrogens with zero attached hydrogens (tertiary/aromatic N) is 3. The van der Waals surface area contributed by atoms with Crippen LogP contribution in [0.3, 0.4) is 0 Å². The molecule has 1 aliphatic heterocycles. The lowest BCUT2D eigenvalue weighted by Crippen LogP contribution is -2.31. The van der Waals surface area contributed by atoms with Gasteiger partial charge in [0.25, 0.3) is 0 Å². The standard InChI is InChI=1S/C17H19F3N4O2/c1-11(9-25)23-15-7-16(22-10-21-15)24-5-4-12-6-14(26-17(18,19)20)3-2-13(12)8-24/h2-3,6-7,10-11,25H,4-5,8-9H2,1H3,(H,21,22,23)/t11-/m1/s1. The lowest BCUT2D eigenvalue weighted by Gasteiger charge is -2.30. The third-order valence-corrected chi connectivity index (χ3v) is 4.07. The van der Waals surface area contributed by atoms with Gasteiger partial charge in [-0.05, 0) is 36.6 Å². The lowest BCUT2D eigenvalue weighted by molar-refractivity contribution is -0.274. The fourth-order valence-electron chi connectivity index (χ4n) is 2.82. The third-order valence-electron chi connectivity index (χ3n) is 4.07. The number of alkyl halides is 3. The van der Waals surface area contributed by atoms with Gasteiger partial charge in [0, 0.05) is 25.2 Å². The molecule has 2 aromatic rings. The molecule has 0 unspecified atom stereocenters. The van der Waals surface area contributed by atoms with E-state index < -0.39 is 6.36 Å². The Labute approximate surface area is 148 Å². The first-order valence-electron chi connectivity index (χ1n) is 8.16. The molecule has 0 saturated carbocycles. The van der Waals surface area contributed by atoms with Crippen molar-refractivity contribution in [1.82, 2.24) is 9.97 Å². The number of hydrogen-bond donors (Lipinski definition) is 2. The van der Waals surface area contributed by atoms with Crippen molar-refractivity contribution < 1.29 is 23.0 Å². The molecule has 0 saturated heterocycles. The maximum absolute atomic E-state index is 12.3. The zero-order valence-corrected chi connectivity index (χ0v) is 14.1. The van der Waals surface area contributed by atoms with E-state index in [-0.39, 0.29) is 18.4 Å². The van der Waals surface area contributed by atoms with Gasteiger partial charge in [0.05, 0.1) is 6.61 Å². The fourth-order valence-corrected chi connectivity index (χ4v) is 2.82. The highest BCUT2D eigenvalue weighted by Gasteiger charge is 2.31. The summed E-state index contributed by atoms with van der Waals surface area (Å²) in [5, 5.41) is 12.2. The van der Waals surface area contributed by atoms with E-state index in [1.165, 1.54) is 18.5 Å². The van der Waals surface area contributed by atoms with Gasteiger partial charge in [-0.25, -0.2) is 9.97 Å². The van der Waals surface area contributed by atoms with Crippen LogP contribution in [0.5, 0.6) is 5.75 Å². The van der Waals surface area contributed by atoms with Gasteiger partial charge in [-0.15, -0.1) is 13.2 Å². The minimum absolute atomic E-state index is 0.0151. The number of ether oxygens (including phenoxy) is 1. The summed E-state index contributed by atoms with van der Waals surface area (Å²) in [5.41, 5.74) is 1.77. The Morgan fingerprint density at radius 2 is 2.08 bits per heavy atom. The normalized spacial score (nSPS) is 15.3. The highest BCUT2D eigenvalue weighted by molar-refractivity contribution is 5.51. The molecule has 3 rings (SSSR count). The topological polar surface area (TPSA) is 70.5 Å². The van der Waals surface area contributed by atoms with Crippen LogP contribution in [-0.2, 0) is 13.0 Å². The van der Waals surface area contributed by atoms with Gasteiger partial charge >= 0.3 is 6.36 Å². The van der Waals surface area contributed by atoms with Crippen molar-refractivity contribution >= 4 is 11.6 Å². The molecule has 1 aliphatic rings. The molecule has 1 atom stereocenters. The molecule has 0 spiro atoms. The average molecular weight is 368 g/mol. The van der Waals surface area contributed by atoms with E-state index in [9.17, 15) is 13.2 Å². The molecule has 0 fully saturated rings. The maximum atomic E-state index is 12.3. The number of rotatable bonds is 5. The number of anilines is 2. The Balaban J connectivity index is 1.73. The molecule has 9 heteroatoms. The molecule has 2 N–H and O–H groups in total. The van der Waals surface area contributed by atoms with E-state index in [1.54, 1.807) is 12.1 Å². The summed E-state index contributed by atoms with van der Waals surface area (Å²) in [6, 6.07) is 6.07. The second-order valence-corrected chi connectivity index (χ2v) is 6.14. The van der Waals surface area contributed by atoms with Gasteiger partial charge in [0.1, 0.15) is 23.7 Å². The SMILES string of the molecule is C[C@H](CO)Nc1cc(N2CCc3cc(OC(F)(F)F)ccc3C2)ncn1. The van der Waals surface area contributed by atoms with Gasteiger partial charge in [-0.3, -0.25) is 0 Å². The molecule has 26 heavy (non-hydrogen) atoms. The number of aliphatic hydroxyl groups is 1. The quantitative estimate of drug-likeness (QED) is 0.846. The predicted molar refractivity (Wildman–Crippen MR) is 90.1 cm³/mol. The third kappa shape index (κ3) is 4.54. The van der Waals surface area contributed by atoms with Crippen molar-refractivity contribution in [3.63, 3.8) is 0 Å². The van der Waals surface area contributed by atoms with Crippen LogP contribution < -0.4 is 15.0 Å². The predicted octanol–water partition coefficient (Wildman–Crippen LogP) is 2.73. The lowest BCUT2D eigenvalue weighted by atomic mass is 9.99. The number of aliphatic hydroxyl groups excluding tert-OH is 1. The van der Waals surface area contributed by atoms with Gasteiger partial charge in [0.2, 0.25) is 0 Å². The number of halogens is 3. The Kier molecular flexibility index (Phi) is 5.17. The smallest absolute Gasteiger partial charge is 0.406 e.